The van der Waals surface area contributed by atoms with Gasteiger partial charge in [-0.3, -0.25) is 9.59 Å². The van der Waals surface area contributed by atoms with Gasteiger partial charge in [-0.2, -0.15) is 0 Å². The summed E-state index contributed by atoms with van der Waals surface area (Å²) in [5.41, 5.74) is 3.00. The Kier molecular flexibility index (Phi) is 3.88. The van der Waals surface area contributed by atoms with E-state index in [0.29, 0.717) is 24.9 Å². The summed E-state index contributed by atoms with van der Waals surface area (Å²) in [5.74, 6) is 1.31. The summed E-state index contributed by atoms with van der Waals surface area (Å²) in [7, 11) is 0. The van der Waals surface area contributed by atoms with E-state index in [0.717, 1.165) is 36.8 Å². The zero-order chi connectivity index (χ0) is 18.9. The van der Waals surface area contributed by atoms with Gasteiger partial charge in [0.15, 0.2) is 11.5 Å². The molecular weight excluding hydrogens is 324 g/mol. The zero-order valence-electron chi connectivity index (χ0n) is 16.5. The average Bonchev–Trinajstić information content (AvgIpc) is 2.59. The van der Waals surface area contributed by atoms with Crippen LogP contribution in [0.25, 0.3) is 0 Å². The minimum absolute atomic E-state index is 0.00295. The van der Waals surface area contributed by atoms with Crippen LogP contribution in [0.15, 0.2) is 35.1 Å². The highest BCUT2D eigenvalue weighted by atomic mass is 16.5. The molecule has 0 aliphatic heterocycles. The number of hydrogen-bond donors (Lipinski definition) is 0. The smallest absolute Gasteiger partial charge is 0.224 e. The van der Waals surface area contributed by atoms with Gasteiger partial charge >= 0.3 is 0 Å². The molecule has 4 aliphatic rings. The topological polar surface area (TPSA) is 43.4 Å². The monoisotopic (exact) mass is 354 g/mol. The summed E-state index contributed by atoms with van der Waals surface area (Å²) in [6.07, 6.45) is 6.35. The van der Waals surface area contributed by atoms with E-state index in [1.165, 1.54) is 11.6 Å². The van der Waals surface area contributed by atoms with E-state index < -0.39 is 0 Å². The lowest BCUT2D eigenvalue weighted by Gasteiger charge is -2.63. The van der Waals surface area contributed by atoms with E-state index in [-0.39, 0.29) is 34.1 Å². The van der Waals surface area contributed by atoms with E-state index in [1.807, 2.05) is 6.92 Å². The molecule has 3 heteroatoms. The fourth-order valence-corrected chi connectivity index (χ4v) is 6.62. The van der Waals surface area contributed by atoms with Crippen LogP contribution in [0.1, 0.15) is 59.8 Å². The highest BCUT2D eigenvalue weighted by molar-refractivity contribution is 6.22. The van der Waals surface area contributed by atoms with Crippen LogP contribution in [0, 0.1) is 28.6 Å². The molecule has 0 aromatic heterocycles. The third-order valence-electron chi connectivity index (χ3n) is 8.17. The number of ketones is 2. The molecule has 3 nitrogen and oxygen atoms in total. The van der Waals surface area contributed by atoms with Gasteiger partial charge < -0.3 is 4.74 Å². The number of carbonyl (C=O) groups excluding carboxylic acids is 2. The maximum atomic E-state index is 13.1. The van der Waals surface area contributed by atoms with Crippen LogP contribution in [0.4, 0.5) is 0 Å². The highest BCUT2D eigenvalue weighted by Crippen LogP contribution is 2.68. The average molecular weight is 354 g/mol. The Hall–Kier alpha value is -1.64. The molecule has 0 aromatic carbocycles. The van der Waals surface area contributed by atoms with E-state index in [4.69, 9.17) is 4.74 Å². The Morgan fingerprint density at radius 1 is 1.27 bits per heavy atom. The fraction of sp³-hybridized carbons (Fsp3) is 0.652. The van der Waals surface area contributed by atoms with Crippen molar-refractivity contribution in [1.82, 2.24) is 0 Å². The van der Waals surface area contributed by atoms with Gasteiger partial charge in [-0.05, 0) is 67.6 Å². The Bertz CT molecular complexity index is 770. The molecule has 140 valence electrons. The van der Waals surface area contributed by atoms with Crippen LogP contribution < -0.4 is 0 Å². The van der Waals surface area contributed by atoms with Crippen molar-refractivity contribution in [3.05, 3.63) is 35.1 Å². The van der Waals surface area contributed by atoms with Crippen LogP contribution in [-0.4, -0.2) is 18.2 Å². The zero-order valence-corrected chi connectivity index (χ0v) is 16.5. The molecule has 0 bridgehead atoms. The van der Waals surface area contributed by atoms with E-state index in [9.17, 15) is 9.59 Å². The Labute approximate surface area is 156 Å². The molecule has 2 saturated carbocycles. The summed E-state index contributed by atoms with van der Waals surface area (Å²) >= 11 is 0. The number of allylic oxidation sites excluding steroid dienone is 4. The van der Waals surface area contributed by atoms with Crippen LogP contribution in [0.5, 0.6) is 0 Å². The first-order valence-corrected chi connectivity index (χ1v) is 10.1. The molecule has 26 heavy (non-hydrogen) atoms. The predicted octanol–water partition coefficient (Wildman–Crippen LogP) is 4.78. The summed E-state index contributed by atoms with van der Waals surface area (Å²) in [6.45, 7) is 13.7. The van der Waals surface area contributed by atoms with Crippen molar-refractivity contribution >= 4 is 11.6 Å². The number of carbonyl (C=O) groups is 2. The van der Waals surface area contributed by atoms with Gasteiger partial charge in [0.1, 0.15) is 0 Å². The largest absolute Gasteiger partial charge is 0.490 e. The molecule has 0 aromatic rings. The van der Waals surface area contributed by atoms with Crippen molar-refractivity contribution in [3.63, 3.8) is 0 Å². The maximum absolute atomic E-state index is 13.1. The van der Waals surface area contributed by atoms with Gasteiger partial charge in [-0.15, -0.1) is 0 Å². The van der Waals surface area contributed by atoms with Crippen molar-refractivity contribution in [3.8, 4) is 0 Å². The van der Waals surface area contributed by atoms with Crippen LogP contribution in [0.3, 0.4) is 0 Å². The summed E-state index contributed by atoms with van der Waals surface area (Å²) < 4.78 is 5.49. The first-order valence-electron chi connectivity index (χ1n) is 10.1. The van der Waals surface area contributed by atoms with Gasteiger partial charge in [0.25, 0.3) is 0 Å². The van der Waals surface area contributed by atoms with Crippen molar-refractivity contribution in [2.75, 3.05) is 6.61 Å². The molecule has 4 aliphatic carbocycles. The molecule has 0 unspecified atom stereocenters. The van der Waals surface area contributed by atoms with Crippen molar-refractivity contribution in [1.29, 1.82) is 0 Å². The molecule has 2 fully saturated rings. The Morgan fingerprint density at radius 2 is 2.00 bits per heavy atom. The number of hydrogen-bond acceptors (Lipinski definition) is 3. The minimum Gasteiger partial charge on any atom is -0.490 e. The molecule has 0 saturated heterocycles. The number of fused-ring (bicyclic) bond motifs is 1. The van der Waals surface area contributed by atoms with E-state index in [1.54, 1.807) is 0 Å². The molecule has 0 heterocycles. The van der Waals surface area contributed by atoms with Crippen molar-refractivity contribution in [2.45, 2.75) is 59.8 Å². The lowest BCUT2D eigenvalue weighted by molar-refractivity contribution is -0.125. The Morgan fingerprint density at radius 3 is 2.69 bits per heavy atom. The maximum Gasteiger partial charge on any atom is 0.224 e. The molecule has 0 amide bonds. The SMILES string of the molecule is C=C1CC[C@@H]2C3=C(C[C@]4(C)[C@@H](C)CC[C@@]1(C)[C@@H]24)C(=O)C(OCC)=CC3=O. The lowest BCUT2D eigenvalue weighted by Crippen LogP contribution is -2.57. The van der Waals surface area contributed by atoms with Gasteiger partial charge in [-0.25, -0.2) is 0 Å². The minimum atomic E-state index is -0.0509. The number of rotatable bonds is 2. The molecule has 0 N–H and O–H groups in total. The highest BCUT2D eigenvalue weighted by Gasteiger charge is 2.61. The summed E-state index contributed by atoms with van der Waals surface area (Å²) in [4.78, 5) is 26.1. The van der Waals surface area contributed by atoms with Crippen LogP contribution in [0.2, 0.25) is 0 Å². The second kappa shape index (κ2) is 5.68. The summed E-state index contributed by atoms with van der Waals surface area (Å²) in [5, 5.41) is 0. The van der Waals surface area contributed by atoms with Crippen molar-refractivity contribution in [2.24, 2.45) is 28.6 Å². The number of Topliss-reactive ketones (excluding diaryl/α,β-unsaturated/α-hetero) is 1. The normalized spacial score (nSPS) is 42.2. The first-order chi connectivity index (χ1) is 12.2. The lowest BCUT2D eigenvalue weighted by atomic mass is 9.40. The molecule has 5 atom stereocenters. The molecule has 4 rings (SSSR count). The fourth-order valence-electron chi connectivity index (χ4n) is 6.62. The van der Waals surface area contributed by atoms with Gasteiger partial charge in [0.05, 0.1) is 6.61 Å². The van der Waals surface area contributed by atoms with Gasteiger partial charge in [-0.1, -0.05) is 32.9 Å². The predicted molar refractivity (Wildman–Crippen MR) is 101 cm³/mol. The van der Waals surface area contributed by atoms with E-state index in [2.05, 4.69) is 27.4 Å². The molecule has 0 radical (unpaired) electrons. The number of ether oxygens (including phenoxy) is 1. The standard InChI is InChI=1S/C23H30O3/c1-6-26-18-11-17(24)19-15-8-7-13(2)22(4)10-9-14(3)23(5,21(15)22)12-16(19)20(18)25/h11,14-15,21H,2,6-10,12H2,1,3-5H3/t14-,15+,21+,22+,23+/m0/s1. The second-order valence-electron chi connectivity index (χ2n) is 9.29. The third kappa shape index (κ3) is 2.12. The van der Waals surface area contributed by atoms with Crippen molar-refractivity contribution < 1.29 is 14.3 Å². The van der Waals surface area contributed by atoms with Gasteiger partial charge in [0, 0.05) is 17.2 Å². The first kappa shape index (κ1) is 17.8. The quantitative estimate of drug-likeness (QED) is 0.529. The van der Waals surface area contributed by atoms with Gasteiger partial charge in [0.2, 0.25) is 5.78 Å². The van der Waals surface area contributed by atoms with Crippen LogP contribution >= 0.6 is 0 Å². The van der Waals surface area contributed by atoms with Crippen LogP contribution in [-0.2, 0) is 14.3 Å². The summed E-state index contributed by atoms with van der Waals surface area (Å²) in [6, 6.07) is 0. The van der Waals surface area contributed by atoms with E-state index >= 15 is 0 Å². The second-order valence-corrected chi connectivity index (χ2v) is 9.29. The Balaban J connectivity index is 1.87. The third-order valence-corrected chi connectivity index (χ3v) is 8.17. The molecular formula is C23H30O3. The molecule has 0 spiro atoms.